The first-order chi connectivity index (χ1) is 8.36. The average molecular weight is 229 g/mol. The highest BCUT2D eigenvalue weighted by atomic mass is 16.2. The second-order valence-corrected chi connectivity index (χ2v) is 5.21. The average Bonchev–Trinajstić information content (AvgIpc) is 2.41. The monoisotopic (exact) mass is 229 g/mol. The molecule has 2 heterocycles. The standard InChI is InChI=1S/C15H19NO/c17-15-10-9-13(12-6-2-1-3-7-12)14-8-4-5-11-16(14)15/h1-3,6-7,13-14H,4-5,8-11H2/t13-,14-/m1/s1. The highest BCUT2D eigenvalue weighted by molar-refractivity contribution is 5.78. The van der Waals surface area contributed by atoms with Crippen LogP contribution in [-0.2, 0) is 4.79 Å². The zero-order valence-corrected chi connectivity index (χ0v) is 10.1. The fourth-order valence-electron chi connectivity index (χ4n) is 3.39. The number of fused-ring (bicyclic) bond motifs is 1. The van der Waals surface area contributed by atoms with Gasteiger partial charge in [0.1, 0.15) is 0 Å². The summed E-state index contributed by atoms with van der Waals surface area (Å²) in [6, 6.07) is 11.2. The lowest BCUT2D eigenvalue weighted by Crippen LogP contribution is -2.50. The van der Waals surface area contributed by atoms with Crippen LogP contribution in [0.3, 0.4) is 0 Å². The molecule has 90 valence electrons. The van der Waals surface area contributed by atoms with Crippen LogP contribution >= 0.6 is 0 Å². The minimum atomic E-state index is 0.377. The van der Waals surface area contributed by atoms with Crippen molar-refractivity contribution in [2.45, 2.75) is 44.1 Å². The zero-order chi connectivity index (χ0) is 11.7. The summed E-state index contributed by atoms with van der Waals surface area (Å²) in [4.78, 5) is 14.1. The third kappa shape index (κ3) is 1.97. The number of hydrogen-bond acceptors (Lipinski definition) is 1. The molecule has 0 aliphatic carbocycles. The summed E-state index contributed by atoms with van der Waals surface area (Å²) in [5.74, 6) is 0.941. The van der Waals surface area contributed by atoms with E-state index >= 15 is 0 Å². The summed E-state index contributed by atoms with van der Waals surface area (Å²) < 4.78 is 0. The quantitative estimate of drug-likeness (QED) is 0.725. The smallest absolute Gasteiger partial charge is 0.222 e. The maximum Gasteiger partial charge on any atom is 0.222 e. The van der Waals surface area contributed by atoms with Crippen molar-refractivity contribution >= 4 is 5.91 Å². The van der Waals surface area contributed by atoms with Gasteiger partial charge in [0.25, 0.3) is 0 Å². The van der Waals surface area contributed by atoms with Crippen LogP contribution in [0.5, 0.6) is 0 Å². The lowest BCUT2D eigenvalue weighted by molar-refractivity contribution is -0.138. The van der Waals surface area contributed by atoms with Crippen LogP contribution in [0.15, 0.2) is 30.3 Å². The number of rotatable bonds is 1. The van der Waals surface area contributed by atoms with Gasteiger partial charge in [0, 0.05) is 24.9 Å². The molecule has 0 N–H and O–H groups in total. The number of amides is 1. The predicted molar refractivity (Wildman–Crippen MR) is 67.8 cm³/mol. The minimum absolute atomic E-state index is 0.377. The van der Waals surface area contributed by atoms with Gasteiger partial charge >= 0.3 is 0 Å². The van der Waals surface area contributed by atoms with Crippen LogP contribution in [0.25, 0.3) is 0 Å². The molecule has 0 radical (unpaired) electrons. The SMILES string of the molecule is O=C1CC[C@H](c2ccccc2)[C@H]2CCCCN12. The molecule has 17 heavy (non-hydrogen) atoms. The Morgan fingerprint density at radius 2 is 1.88 bits per heavy atom. The molecule has 2 nitrogen and oxygen atoms in total. The van der Waals surface area contributed by atoms with Crippen molar-refractivity contribution in [2.24, 2.45) is 0 Å². The molecule has 2 aliphatic heterocycles. The Morgan fingerprint density at radius 3 is 2.71 bits per heavy atom. The van der Waals surface area contributed by atoms with Crippen molar-refractivity contribution in [3.05, 3.63) is 35.9 Å². The topological polar surface area (TPSA) is 20.3 Å². The fourth-order valence-corrected chi connectivity index (χ4v) is 3.39. The van der Waals surface area contributed by atoms with Crippen LogP contribution in [-0.4, -0.2) is 23.4 Å². The molecule has 0 saturated carbocycles. The van der Waals surface area contributed by atoms with E-state index in [2.05, 4.69) is 35.2 Å². The second-order valence-electron chi connectivity index (χ2n) is 5.21. The first-order valence-electron chi connectivity index (χ1n) is 6.70. The lowest BCUT2D eigenvalue weighted by Gasteiger charge is -2.44. The van der Waals surface area contributed by atoms with Crippen LogP contribution < -0.4 is 0 Å². The van der Waals surface area contributed by atoms with Crippen LogP contribution in [0, 0.1) is 0 Å². The Hall–Kier alpha value is -1.31. The molecule has 0 bridgehead atoms. The summed E-state index contributed by atoms with van der Waals surface area (Å²) in [6.45, 7) is 0.979. The molecule has 0 spiro atoms. The summed E-state index contributed by atoms with van der Waals surface area (Å²) in [5, 5.41) is 0. The van der Waals surface area contributed by atoms with Crippen LogP contribution in [0.4, 0.5) is 0 Å². The first kappa shape index (κ1) is 10.8. The second kappa shape index (κ2) is 4.52. The molecule has 2 saturated heterocycles. The molecule has 1 aromatic carbocycles. The van der Waals surface area contributed by atoms with E-state index in [9.17, 15) is 4.79 Å². The number of carbonyl (C=O) groups is 1. The minimum Gasteiger partial charge on any atom is -0.339 e. The van der Waals surface area contributed by atoms with Crippen molar-refractivity contribution < 1.29 is 4.79 Å². The molecular formula is C15H19NO. The van der Waals surface area contributed by atoms with Gasteiger partial charge in [-0.2, -0.15) is 0 Å². The molecule has 2 heteroatoms. The van der Waals surface area contributed by atoms with E-state index in [0.29, 0.717) is 17.9 Å². The van der Waals surface area contributed by atoms with Gasteiger partial charge in [-0.15, -0.1) is 0 Å². The van der Waals surface area contributed by atoms with E-state index < -0.39 is 0 Å². The van der Waals surface area contributed by atoms with Gasteiger partial charge in [-0.1, -0.05) is 30.3 Å². The van der Waals surface area contributed by atoms with E-state index in [1.54, 1.807) is 0 Å². The molecule has 3 rings (SSSR count). The van der Waals surface area contributed by atoms with E-state index in [0.717, 1.165) is 19.4 Å². The van der Waals surface area contributed by atoms with Crippen molar-refractivity contribution in [3.8, 4) is 0 Å². The molecule has 2 atom stereocenters. The third-order valence-electron chi connectivity index (χ3n) is 4.23. The normalized spacial score (nSPS) is 28.9. The molecule has 1 aromatic rings. The number of hydrogen-bond donors (Lipinski definition) is 0. The largest absolute Gasteiger partial charge is 0.339 e. The molecule has 1 amide bonds. The van der Waals surface area contributed by atoms with Gasteiger partial charge in [-0.25, -0.2) is 0 Å². The van der Waals surface area contributed by atoms with Crippen LogP contribution in [0.2, 0.25) is 0 Å². The highest BCUT2D eigenvalue weighted by Gasteiger charge is 2.37. The number of piperidine rings is 2. The van der Waals surface area contributed by atoms with Crippen molar-refractivity contribution in [2.75, 3.05) is 6.54 Å². The number of carbonyl (C=O) groups excluding carboxylic acids is 1. The van der Waals surface area contributed by atoms with Gasteiger partial charge in [0.05, 0.1) is 0 Å². The Kier molecular flexibility index (Phi) is 2.87. The van der Waals surface area contributed by atoms with Crippen molar-refractivity contribution in [1.29, 1.82) is 0 Å². The number of nitrogens with zero attached hydrogens (tertiary/aromatic N) is 1. The summed E-state index contributed by atoms with van der Waals surface area (Å²) in [5.41, 5.74) is 1.41. The van der Waals surface area contributed by atoms with E-state index in [1.165, 1.54) is 24.8 Å². The van der Waals surface area contributed by atoms with Gasteiger partial charge in [-0.3, -0.25) is 4.79 Å². The van der Waals surface area contributed by atoms with E-state index in [4.69, 9.17) is 0 Å². The maximum atomic E-state index is 11.9. The summed E-state index contributed by atoms with van der Waals surface area (Å²) >= 11 is 0. The summed E-state index contributed by atoms with van der Waals surface area (Å²) in [7, 11) is 0. The van der Waals surface area contributed by atoms with Crippen molar-refractivity contribution in [3.63, 3.8) is 0 Å². The van der Waals surface area contributed by atoms with Gasteiger partial charge < -0.3 is 4.90 Å². The molecular weight excluding hydrogens is 210 g/mol. The van der Waals surface area contributed by atoms with Crippen molar-refractivity contribution in [1.82, 2.24) is 4.90 Å². The maximum absolute atomic E-state index is 11.9. The Morgan fingerprint density at radius 1 is 1.06 bits per heavy atom. The first-order valence-corrected chi connectivity index (χ1v) is 6.70. The molecule has 2 fully saturated rings. The Balaban J connectivity index is 1.87. The van der Waals surface area contributed by atoms with E-state index in [1.807, 2.05) is 0 Å². The van der Waals surface area contributed by atoms with Crippen LogP contribution in [0.1, 0.15) is 43.6 Å². The zero-order valence-electron chi connectivity index (χ0n) is 10.1. The molecule has 2 aliphatic rings. The van der Waals surface area contributed by atoms with E-state index in [-0.39, 0.29) is 0 Å². The lowest BCUT2D eigenvalue weighted by atomic mass is 9.79. The van der Waals surface area contributed by atoms with Gasteiger partial charge in [0.15, 0.2) is 0 Å². The highest BCUT2D eigenvalue weighted by Crippen LogP contribution is 2.37. The van der Waals surface area contributed by atoms with Gasteiger partial charge in [0.2, 0.25) is 5.91 Å². The Labute approximate surface area is 103 Å². The molecule has 0 aromatic heterocycles. The third-order valence-corrected chi connectivity index (χ3v) is 4.23. The number of benzene rings is 1. The molecule has 0 unspecified atom stereocenters. The fraction of sp³-hybridized carbons (Fsp3) is 0.533. The predicted octanol–water partition coefficient (Wildman–Crippen LogP) is 2.95. The van der Waals surface area contributed by atoms with Gasteiger partial charge in [-0.05, 0) is 31.2 Å². The Bertz CT molecular complexity index is 401. The summed E-state index contributed by atoms with van der Waals surface area (Å²) in [6.07, 6.45) is 5.41.